The first-order valence-electron chi connectivity index (χ1n) is 8.11. The molecule has 1 saturated carbocycles. The highest BCUT2D eigenvalue weighted by atomic mass is 16.6. The predicted molar refractivity (Wildman–Crippen MR) is 77.3 cm³/mol. The Morgan fingerprint density at radius 3 is 2.05 bits per heavy atom. The van der Waals surface area contributed by atoms with E-state index < -0.39 is 11.9 Å². The predicted octanol–water partition coefficient (Wildman–Crippen LogP) is 3.77. The zero-order valence-corrected chi connectivity index (χ0v) is 12.7. The summed E-state index contributed by atoms with van der Waals surface area (Å²) < 4.78 is 9.87. The van der Waals surface area contributed by atoms with Crippen LogP contribution in [0.3, 0.4) is 0 Å². The summed E-state index contributed by atoms with van der Waals surface area (Å²) in [4.78, 5) is 22.6. The molecule has 0 aromatic carbocycles. The Kier molecular flexibility index (Phi) is 9.09. The molecule has 116 valence electrons. The zero-order valence-electron chi connectivity index (χ0n) is 12.7. The van der Waals surface area contributed by atoms with Gasteiger partial charge < -0.3 is 9.47 Å². The lowest BCUT2D eigenvalue weighted by Gasteiger charge is -2.24. The third-order valence-electron chi connectivity index (χ3n) is 3.72. The highest BCUT2D eigenvalue weighted by molar-refractivity contribution is 6.29. The van der Waals surface area contributed by atoms with Gasteiger partial charge in [-0.05, 0) is 25.7 Å². The van der Waals surface area contributed by atoms with Crippen molar-refractivity contribution in [1.29, 1.82) is 0 Å². The van der Waals surface area contributed by atoms with Gasteiger partial charge >= 0.3 is 11.9 Å². The lowest BCUT2D eigenvalue weighted by Crippen LogP contribution is -2.30. The van der Waals surface area contributed by atoms with Crippen LogP contribution in [-0.2, 0) is 19.1 Å². The number of hydrogen-bond acceptors (Lipinski definition) is 4. The highest BCUT2D eigenvalue weighted by Crippen LogP contribution is 2.21. The zero-order chi connectivity index (χ0) is 14.6. The Morgan fingerprint density at radius 2 is 1.50 bits per heavy atom. The van der Waals surface area contributed by atoms with Crippen molar-refractivity contribution < 1.29 is 19.1 Å². The summed E-state index contributed by atoms with van der Waals surface area (Å²) in [6.45, 7) is 2.54. The van der Waals surface area contributed by atoms with Crippen LogP contribution in [0.15, 0.2) is 0 Å². The first-order chi connectivity index (χ1) is 9.74. The average molecular weight is 284 g/mol. The summed E-state index contributed by atoms with van der Waals surface area (Å²) >= 11 is 0. The first-order valence-corrected chi connectivity index (χ1v) is 8.11. The Balaban J connectivity index is 1.87. The Labute approximate surface area is 122 Å². The molecule has 0 saturated heterocycles. The average Bonchev–Trinajstić information content (AvgIpc) is 2.40. The minimum atomic E-state index is -0.833. The van der Waals surface area contributed by atoms with E-state index in [0.717, 1.165) is 32.1 Å². The van der Waals surface area contributed by atoms with E-state index in [2.05, 4.69) is 6.92 Å². The molecule has 0 atom stereocenters. The summed E-state index contributed by atoms with van der Waals surface area (Å²) in [7, 11) is 0. The normalized spacial score (nSPS) is 14.7. The molecule has 4 nitrogen and oxygen atoms in total. The van der Waals surface area contributed by atoms with E-state index in [4.69, 9.17) is 9.47 Å². The maximum atomic E-state index is 11.3. The first kappa shape index (κ1) is 17.0. The summed E-state index contributed by atoms with van der Waals surface area (Å²) in [5.41, 5.74) is 0. The van der Waals surface area contributed by atoms with Crippen LogP contribution in [-0.4, -0.2) is 24.6 Å². The van der Waals surface area contributed by atoms with Gasteiger partial charge in [0.25, 0.3) is 0 Å². The second-order valence-electron chi connectivity index (χ2n) is 5.57. The third kappa shape index (κ3) is 7.51. The number of carbonyl (C=O) groups excluding carboxylic acids is 2. The monoisotopic (exact) mass is 284 g/mol. The number of hydrogen-bond donors (Lipinski definition) is 0. The number of unbranched alkanes of at least 4 members (excludes halogenated alkanes) is 7. The summed E-state index contributed by atoms with van der Waals surface area (Å²) in [6, 6.07) is 0. The molecule has 1 rings (SSSR count). The van der Waals surface area contributed by atoms with E-state index in [1.165, 1.54) is 38.5 Å². The number of carbonyl (C=O) groups is 2. The lowest BCUT2D eigenvalue weighted by atomic mass is 9.96. The topological polar surface area (TPSA) is 52.6 Å². The summed E-state index contributed by atoms with van der Waals surface area (Å²) in [5, 5.41) is 0. The number of esters is 2. The molecule has 0 N–H and O–H groups in total. The van der Waals surface area contributed by atoms with Crippen LogP contribution in [0.25, 0.3) is 0 Å². The summed E-state index contributed by atoms with van der Waals surface area (Å²) in [6.07, 6.45) is 12.3. The van der Waals surface area contributed by atoms with Crippen molar-refractivity contribution in [1.82, 2.24) is 0 Å². The molecule has 0 radical (unpaired) electrons. The number of ether oxygens (including phenoxy) is 2. The minimum absolute atomic E-state index is 0.0572. The summed E-state index contributed by atoms with van der Waals surface area (Å²) in [5.74, 6) is -1.66. The fraction of sp³-hybridized carbons (Fsp3) is 0.875. The van der Waals surface area contributed by atoms with Crippen LogP contribution in [0.4, 0.5) is 0 Å². The van der Waals surface area contributed by atoms with Gasteiger partial charge in [-0.2, -0.15) is 0 Å². The highest BCUT2D eigenvalue weighted by Gasteiger charge is 2.26. The lowest BCUT2D eigenvalue weighted by molar-refractivity contribution is -0.173. The van der Waals surface area contributed by atoms with Gasteiger partial charge in [-0.1, -0.05) is 51.9 Å². The Bertz CT molecular complexity index is 284. The molecular weight excluding hydrogens is 256 g/mol. The van der Waals surface area contributed by atoms with Gasteiger partial charge in [0, 0.05) is 0 Å². The molecule has 0 aromatic rings. The van der Waals surface area contributed by atoms with E-state index in [1.807, 2.05) is 0 Å². The molecule has 0 spiro atoms. The van der Waals surface area contributed by atoms with Crippen LogP contribution < -0.4 is 0 Å². The second kappa shape index (κ2) is 10.7. The van der Waals surface area contributed by atoms with Crippen molar-refractivity contribution in [2.75, 3.05) is 6.61 Å². The van der Waals surface area contributed by atoms with Crippen molar-refractivity contribution in [3.8, 4) is 0 Å². The molecule has 0 unspecified atom stereocenters. The molecular formula is C16H28O4. The van der Waals surface area contributed by atoms with E-state index in [9.17, 15) is 9.59 Å². The van der Waals surface area contributed by atoms with Crippen LogP contribution in [0.1, 0.15) is 77.6 Å². The third-order valence-corrected chi connectivity index (χ3v) is 3.72. The molecule has 0 bridgehead atoms. The van der Waals surface area contributed by atoms with Gasteiger partial charge in [0.1, 0.15) is 6.10 Å². The van der Waals surface area contributed by atoms with Crippen LogP contribution in [0, 0.1) is 0 Å². The maximum Gasteiger partial charge on any atom is 0.417 e. The Morgan fingerprint density at radius 1 is 0.900 bits per heavy atom. The van der Waals surface area contributed by atoms with Crippen LogP contribution in [0.2, 0.25) is 0 Å². The van der Waals surface area contributed by atoms with E-state index >= 15 is 0 Å². The number of rotatable bonds is 10. The van der Waals surface area contributed by atoms with Crippen LogP contribution >= 0.6 is 0 Å². The molecule has 1 aliphatic carbocycles. The molecule has 0 amide bonds. The molecule has 0 heterocycles. The quantitative estimate of drug-likeness (QED) is 0.348. The SMILES string of the molecule is CCCCCCCCCCOC(=O)C(=O)OC1CCC1. The van der Waals surface area contributed by atoms with Gasteiger partial charge in [0.05, 0.1) is 6.61 Å². The fourth-order valence-corrected chi connectivity index (χ4v) is 2.15. The fourth-order valence-electron chi connectivity index (χ4n) is 2.15. The Hall–Kier alpha value is -1.06. The van der Waals surface area contributed by atoms with Gasteiger partial charge in [-0.25, -0.2) is 9.59 Å². The molecule has 1 aliphatic rings. The molecule has 1 fully saturated rings. The van der Waals surface area contributed by atoms with E-state index in [1.54, 1.807) is 0 Å². The van der Waals surface area contributed by atoms with Gasteiger partial charge in [-0.3, -0.25) is 0 Å². The van der Waals surface area contributed by atoms with Crippen molar-refractivity contribution in [2.45, 2.75) is 83.7 Å². The standard InChI is InChI=1S/C16H28O4/c1-2-3-4-5-6-7-8-9-13-19-15(17)16(18)20-14-11-10-12-14/h14H,2-13H2,1H3. The van der Waals surface area contributed by atoms with Crippen molar-refractivity contribution in [3.63, 3.8) is 0 Å². The van der Waals surface area contributed by atoms with Gasteiger partial charge in [-0.15, -0.1) is 0 Å². The van der Waals surface area contributed by atoms with Crippen molar-refractivity contribution in [2.24, 2.45) is 0 Å². The largest absolute Gasteiger partial charge is 0.457 e. The maximum absolute atomic E-state index is 11.3. The molecule has 0 aliphatic heterocycles. The molecule has 20 heavy (non-hydrogen) atoms. The van der Waals surface area contributed by atoms with E-state index in [-0.39, 0.29) is 6.10 Å². The molecule has 4 heteroatoms. The van der Waals surface area contributed by atoms with Crippen molar-refractivity contribution >= 4 is 11.9 Å². The van der Waals surface area contributed by atoms with E-state index in [0.29, 0.717) is 6.61 Å². The van der Waals surface area contributed by atoms with Gasteiger partial charge in [0.2, 0.25) is 0 Å². The molecule has 0 aromatic heterocycles. The van der Waals surface area contributed by atoms with Crippen molar-refractivity contribution in [3.05, 3.63) is 0 Å². The smallest absolute Gasteiger partial charge is 0.417 e. The van der Waals surface area contributed by atoms with Crippen LogP contribution in [0.5, 0.6) is 0 Å². The van der Waals surface area contributed by atoms with Gasteiger partial charge in [0.15, 0.2) is 0 Å². The second-order valence-corrected chi connectivity index (χ2v) is 5.57. The minimum Gasteiger partial charge on any atom is -0.457 e.